The molecule has 0 aliphatic rings. The van der Waals surface area contributed by atoms with Crippen LogP contribution >= 0.6 is 0 Å². The monoisotopic (exact) mass is 284 g/mol. The highest BCUT2D eigenvalue weighted by Gasteiger charge is 2.08. The Morgan fingerprint density at radius 2 is 2.19 bits per heavy atom. The van der Waals surface area contributed by atoms with Gasteiger partial charge < -0.3 is 14.4 Å². The summed E-state index contributed by atoms with van der Waals surface area (Å²) >= 11 is 0. The summed E-state index contributed by atoms with van der Waals surface area (Å²) in [6, 6.07) is 5.92. The van der Waals surface area contributed by atoms with E-state index in [0.29, 0.717) is 5.92 Å². The van der Waals surface area contributed by atoms with Crippen LogP contribution in [-0.4, -0.2) is 28.4 Å². The summed E-state index contributed by atoms with van der Waals surface area (Å²) in [5.74, 6) is 7.74. The van der Waals surface area contributed by atoms with E-state index in [-0.39, 0.29) is 6.61 Å². The third-order valence-electron chi connectivity index (χ3n) is 3.18. The molecule has 110 valence electrons. The first-order valence-electron chi connectivity index (χ1n) is 6.93. The van der Waals surface area contributed by atoms with E-state index in [9.17, 15) is 0 Å². The number of aliphatic hydroxyl groups is 1. The summed E-state index contributed by atoms with van der Waals surface area (Å²) in [4.78, 5) is 4.39. The zero-order valence-electron chi connectivity index (χ0n) is 12.6. The first-order valence-corrected chi connectivity index (χ1v) is 6.93. The van der Waals surface area contributed by atoms with Crippen molar-refractivity contribution >= 4 is 0 Å². The second kappa shape index (κ2) is 6.96. The molecule has 0 aliphatic heterocycles. The molecule has 0 saturated carbocycles. The number of rotatable bonds is 4. The van der Waals surface area contributed by atoms with Crippen molar-refractivity contribution in [2.45, 2.75) is 26.3 Å². The van der Waals surface area contributed by atoms with Crippen molar-refractivity contribution in [1.82, 2.24) is 9.55 Å². The molecule has 4 heteroatoms. The molecule has 0 saturated heterocycles. The number of aliphatic hydroxyl groups excluding tert-OH is 1. The number of ether oxygens (including phenoxy) is 1. The molecular weight excluding hydrogens is 264 g/mol. The number of hydrogen-bond donors (Lipinski definition) is 1. The van der Waals surface area contributed by atoms with E-state index in [1.165, 1.54) is 0 Å². The van der Waals surface area contributed by atoms with Crippen molar-refractivity contribution in [2.75, 3.05) is 13.7 Å². The predicted octanol–water partition coefficient (Wildman–Crippen LogP) is 2.41. The van der Waals surface area contributed by atoms with Gasteiger partial charge in [0.1, 0.15) is 18.2 Å². The number of imidazole rings is 1. The molecule has 1 aromatic carbocycles. The minimum absolute atomic E-state index is 0.160. The average molecular weight is 284 g/mol. The van der Waals surface area contributed by atoms with E-state index in [0.717, 1.165) is 29.2 Å². The van der Waals surface area contributed by atoms with Gasteiger partial charge in [0, 0.05) is 24.9 Å². The maximum Gasteiger partial charge on any atom is 0.134 e. The van der Waals surface area contributed by atoms with Gasteiger partial charge in [-0.05, 0) is 17.7 Å². The quantitative estimate of drug-likeness (QED) is 0.877. The lowest BCUT2D eigenvalue weighted by Crippen LogP contribution is -2.06. The highest BCUT2D eigenvalue weighted by Crippen LogP contribution is 2.20. The molecule has 21 heavy (non-hydrogen) atoms. The Bertz CT molecular complexity index is 663. The summed E-state index contributed by atoms with van der Waals surface area (Å²) in [5.41, 5.74) is 1.91. The van der Waals surface area contributed by atoms with Gasteiger partial charge in [-0.1, -0.05) is 31.8 Å². The summed E-state index contributed by atoms with van der Waals surface area (Å²) in [6.45, 7) is 4.84. The molecule has 0 fully saturated rings. The Hall–Kier alpha value is -2.25. The van der Waals surface area contributed by atoms with Crippen LogP contribution in [0.4, 0.5) is 0 Å². The van der Waals surface area contributed by atoms with Gasteiger partial charge in [0.05, 0.1) is 12.7 Å². The molecule has 1 heterocycles. The van der Waals surface area contributed by atoms with Crippen LogP contribution in [0.2, 0.25) is 0 Å². The molecule has 1 N–H and O–H groups in total. The van der Waals surface area contributed by atoms with Crippen molar-refractivity contribution in [3.8, 4) is 17.6 Å². The van der Waals surface area contributed by atoms with Crippen LogP contribution < -0.4 is 4.74 Å². The SMILES string of the molecule is COc1ccc(Cn2ccnc2C(C)C)cc1C#CCO. The topological polar surface area (TPSA) is 47.3 Å². The van der Waals surface area contributed by atoms with Gasteiger partial charge in [-0.2, -0.15) is 0 Å². The molecule has 2 rings (SSSR count). The molecular formula is C17H20N2O2. The number of methoxy groups -OCH3 is 1. The fourth-order valence-electron chi connectivity index (χ4n) is 2.24. The van der Waals surface area contributed by atoms with Gasteiger partial charge in [-0.15, -0.1) is 0 Å². The molecule has 0 spiro atoms. The van der Waals surface area contributed by atoms with Crippen LogP contribution in [0.1, 0.15) is 36.7 Å². The van der Waals surface area contributed by atoms with E-state index in [4.69, 9.17) is 9.84 Å². The number of aromatic nitrogens is 2. The summed E-state index contributed by atoms with van der Waals surface area (Å²) in [7, 11) is 1.62. The van der Waals surface area contributed by atoms with Crippen molar-refractivity contribution in [2.24, 2.45) is 0 Å². The first-order chi connectivity index (χ1) is 10.2. The summed E-state index contributed by atoms with van der Waals surface area (Å²) in [6.07, 6.45) is 3.81. The van der Waals surface area contributed by atoms with Crippen molar-refractivity contribution in [3.63, 3.8) is 0 Å². The zero-order valence-corrected chi connectivity index (χ0v) is 12.6. The normalized spacial score (nSPS) is 10.3. The van der Waals surface area contributed by atoms with Crippen LogP contribution in [0, 0.1) is 11.8 Å². The average Bonchev–Trinajstić information content (AvgIpc) is 2.93. The number of benzene rings is 1. The van der Waals surface area contributed by atoms with Crippen LogP contribution in [0.3, 0.4) is 0 Å². The van der Waals surface area contributed by atoms with E-state index >= 15 is 0 Å². The molecule has 0 radical (unpaired) electrons. The van der Waals surface area contributed by atoms with Crippen LogP contribution in [0.15, 0.2) is 30.6 Å². The fraction of sp³-hybridized carbons (Fsp3) is 0.353. The molecule has 1 aromatic heterocycles. The first kappa shape index (κ1) is 15.1. The van der Waals surface area contributed by atoms with Gasteiger partial charge in [0.2, 0.25) is 0 Å². The minimum Gasteiger partial charge on any atom is -0.495 e. The Labute approximate surface area is 125 Å². The molecule has 0 unspecified atom stereocenters. The maximum absolute atomic E-state index is 8.84. The van der Waals surface area contributed by atoms with Crippen molar-refractivity contribution < 1.29 is 9.84 Å². The van der Waals surface area contributed by atoms with Crippen molar-refractivity contribution in [3.05, 3.63) is 47.5 Å². The highest BCUT2D eigenvalue weighted by molar-refractivity contribution is 5.48. The maximum atomic E-state index is 8.84. The van der Waals surface area contributed by atoms with E-state index in [2.05, 4.69) is 35.2 Å². The Morgan fingerprint density at radius 3 is 2.86 bits per heavy atom. The Balaban J connectivity index is 2.30. The van der Waals surface area contributed by atoms with Gasteiger partial charge >= 0.3 is 0 Å². The van der Waals surface area contributed by atoms with Crippen LogP contribution in [-0.2, 0) is 6.54 Å². The lowest BCUT2D eigenvalue weighted by atomic mass is 10.1. The Morgan fingerprint density at radius 1 is 1.38 bits per heavy atom. The van der Waals surface area contributed by atoms with E-state index < -0.39 is 0 Å². The standard InChI is InChI=1S/C17H20N2O2/c1-13(2)17-18-8-9-19(17)12-14-6-7-16(21-3)15(11-14)5-4-10-20/h6-9,11,13,20H,10,12H2,1-3H3. The summed E-state index contributed by atoms with van der Waals surface area (Å²) < 4.78 is 7.43. The lowest BCUT2D eigenvalue weighted by molar-refractivity contribution is 0.350. The van der Waals surface area contributed by atoms with Gasteiger partial charge in [-0.25, -0.2) is 4.98 Å². The van der Waals surface area contributed by atoms with Gasteiger partial charge in [-0.3, -0.25) is 0 Å². The third kappa shape index (κ3) is 3.65. The highest BCUT2D eigenvalue weighted by atomic mass is 16.5. The predicted molar refractivity (Wildman–Crippen MR) is 82.4 cm³/mol. The second-order valence-corrected chi connectivity index (χ2v) is 5.06. The molecule has 0 aliphatic carbocycles. The molecule has 4 nitrogen and oxygen atoms in total. The lowest BCUT2D eigenvalue weighted by Gasteiger charge is -2.11. The number of nitrogens with zero attached hydrogens (tertiary/aromatic N) is 2. The van der Waals surface area contributed by atoms with Gasteiger partial charge in [0.15, 0.2) is 0 Å². The Kier molecular flexibility index (Phi) is 5.02. The van der Waals surface area contributed by atoms with Crippen LogP contribution in [0.25, 0.3) is 0 Å². The molecule has 0 atom stereocenters. The number of hydrogen-bond acceptors (Lipinski definition) is 3. The largest absolute Gasteiger partial charge is 0.495 e. The molecule has 0 bridgehead atoms. The van der Waals surface area contributed by atoms with E-state index in [1.54, 1.807) is 7.11 Å². The second-order valence-electron chi connectivity index (χ2n) is 5.06. The minimum atomic E-state index is -0.160. The zero-order chi connectivity index (χ0) is 15.2. The molecule has 0 amide bonds. The van der Waals surface area contributed by atoms with Gasteiger partial charge in [0.25, 0.3) is 0 Å². The van der Waals surface area contributed by atoms with Crippen molar-refractivity contribution in [1.29, 1.82) is 0 Å². The summed E-state index contributed by atoms with van der Waals surface area (Å²) in [5, 5.41) is 8.84. The fourth-order valence-corrected chi connectivity index (χ4v) is 2.24. The van der Waals surface area contributed by atoms with E-state index in [1.807, 2.05) is 30.6 Å². The van der Waals surface area contributed by atoms with Crippen LogP contribution in [0.5, 0.6) is 5.75 Å². The smallest absolute Gasteiger partial charge is 0.134 e. The molecule has 2 aromatic rings. The third-order valence-corrected chi connectivity index (χ3v) is 3.18.